The van der Waals surface area contributed by atoms with Gasteiger partial charge in [0.05, 0.1) is 0 Å². The molecular formula is C13H20N4. The third-order valence-electron chi connectivity index (χ3n) is 3.16. The van der Waals surface area contributed by atoms with Gasteiger partial charge in [0.1, 0.15) is 0 Å². The first kappa shape index (κ1) is 11.9. The Labute approximate surface area is 102 Å². The summed E-state index contributed by atoms with van der Waals surface area (Å²) in [6, 6.07) is 8.64. The van der Waals surface area contributed by atoms with Crippen molar-refractivity contribution in [2.45, 2.75) is 19.8 Å². The van der Waals surface area contributed by atoms with Crippen molar-refractivity contribution in [2.75, 3.05) is 19.6 Å². The van der Waals surface area contributed by atoms with E-state index in [9.17, 15) is 0 Å². The Morgan fingerprint density at radius 3 is 2.35 bits per heavy atom. The molecule has 4 heteroatoms. The molecule has 0 unspecified atom stereocenters. The fourth-order valence-corrected chi connectivity index (χ4v) is 2.27. The second-order valence-corrected chi connectivity index (χ2v) is 4.20. The fraction of sp³-hybridized carbons (Fsp3) is 0.462. The molecule has 0 radical (unpaired) electrons. The molecule has 0 spiro atoms. The molecule has 4 nitrogen and oxygen atoms in total. The van der Waals surface area contributed by atoms with Crippen molar-refractivity contribution in [2.24, 2.45) is 10.8 Å². The number of benzene rings is 1. The summed E-state index contributed by atoms with van der Waals surface area (Å²) in [7, 11) is 0. The Kier molecular flexibility index (Phi) is 3.98. The number of nitrogens with two attached hydrogens (primary N) is 1. The molecule has 1 aliphatic rings. The van der Waals surface area contributed by atoms with Crippen LogP contribution < -0.4 is 11.3 Å². The van der Waals surface area contributed by atoms with Crippen molar-refractivity contribution in [3.63, 3.8) is 0 Å². The highest BCUT2D eigenvalue weighted by Crippen LogP contribution is 2.15. The van der Waals surface area contributed by atoms with E-state index in [4.69, 9.17) is 5.84 Å². The van der Waals surface area contributed by atoms with Crippen molar-refractivity contribution < 1.29 is 0 Å². The van der Waals surface area contributed by atoms with Crippen LogP contribution in [0.4, 0.5) is 0 Å². The molecule has 0 fully saturated rings. The van der Waals surface area contributed by atoms with Crippen LogP contribution in [0.25, 0.3) is 0 Å². The van der Waals surface area contributed by atoms with Crippen LogP contribution >= 0.6 is 0 Å². The Hall–Kier alpha value is -1.55. The van der Waals surface area contributed by atoms with Crippen molar-refractivity contribution in [3.05, 3.63) is 35.4 Å². The molecule has 0 atom stereocenters. The molecular weight excluding hydrogens is 212 g/mol. The monoisotopic (exact) mass is 232 g/mol. The zero-order valence-electron chi connectivity index (χ0n) is 10.3. The van der Waals surface area contributed by atoms with Gasteiger partial charge >= 0.3 is 0 Å². The Balaban J connectivity index is 2.11. The summed E-state index contributed by atoms with van der Waals surface area (Å²) < 4.78 is 0. The van der Waals surface area contributed by atoms with Crippen LogP contribution in [0.5, 0.6) is 0 Å². The minimum atomic E-state index is 0.753. The number of hydrazine groups is 1. The summed E-state index contributed by atoms with van der Waals surface area (Å²) in [5, 5.41) is 0. The van der Waals surface area contributed by atoms with Gasteiger partial charge in [0.15, 0.2) is 0 Å². The largest absolute Gasteiger partial charge is 0.341 e. The molecule has 0 bridgehead atoms. The Bertz CT molecular complexity index is 373. The van der Waals surface area contributed by atoms with Gasteiger partial charge in [0.2, 0.25) is 5.96 Å². The van der Waals surface area contributed by atoms with Gasteiger partial charge in [0, 0.05) is 19.6 Å². The van der Waals surface area contributed by atoms with E-state index in [-0.39, 0.29) is 0 Å². The van der Waals surface area contributed by atoms with Crippen LogP contribution in [-0.2, 0) is 12.8 Å². The topological polar surface area (TPSA) is 53.6 Å². The highest BCUT2D eigenvalue weighted by molar-refractivity contribution is 5.79. The molecule has 17 heavy (non-hydrogen) atoms. The zero-order chi connectivity index (χ0) is 12.1. The summed E-state index contributed by atoms with van der Waals surface area (Å²) in [5.74, 6) is 6.33. The molecule has 0 aliphatic carbocycles. The average molecular weight is 232 g/mol. The highest BCUT2D eigenvalue weighted by atomic mass is 15.4. The van der Waals surface area contributed by atoms with Gasteiger partial charge < -0.3 is 4.90 Å². The van der Waals surface area contributed by atoms with E-state index in [0.717, 1.165) is 38.4 Å². The van der Waals surface area contributed by atoms with E-state index in [0.29, 0.717) is 0 Å². The lowest BCUT2D eigenvalue weighted by molar-refractivity contribution is 0.421. The van der Waals surface area contributed by atoms with Crippen LogP contribution in [0, 0.1) is 0 Å². The number of aliphatic imine (C=N–C) groups is 1. The van der Waals surface area contributed by atoms with E-state index in [2.05, 4.69) is 39.6 Å². The third-order valence-corrected chi connectivity index (χ3v) is 3.16. The van der Waals surface area contributed by atoms with Crippen LogP contribution in [0.1, 0.15) is 18.1 Å². The van der Waals surface area contributed by atoms with Gasteiger partial charge in [-0.2, -0.15) is 0 Å². The second kappa shape index (κ2) is 5.68. The molecule has 0 amide bonds. The van der Waals surface area contributed by atoms with Crippen LogP contribution in [0.3, 0.4) is 0 Å². The SMILES string of the molecule is CCN=C(NN)N1CCc2ccccc2CC1. The lowest BCUT2D eigenvalue weighted by Crippen LogP contribution is -2.46. The smallest absolute Gasteiger partial charge is 0.208 e. The maximum absolute atomic E-state index is 5.52. The van der Waals surface area contributed by atoms with Crippen LogP contribution in [-0.4, -0.2) is 30.5 Å². The molecule has 0 saturated carbocycles. The molecule has 92 valence electrons. The lowest BCUT2D eigenvalue weighted by atomic mass is 10.0. The molecule has 1 aromatic rings. The first-order chi connectivity index (χ1) is 8.35. The number of hydrogen-bond acceptors (Lipinski definition) is 2. The summed E-state index contributed by atoms with van der Waals surface area (Å²) in [5.41, 5.74) is 5.60. The maximum Gasteiger partial charge on any atom is 0.208 e. The maximum atomic E-state index is 5.52. The van der Waals surface area contributed by atoms with E-state index < -0.39 is 0 Å². The molecule has 2 rings (SSSR count). The lowest BCUT2D eigenvalue weighted by Gasteiger charge is -2.23. The summed E-state index contributed by atoms with van der Waals surface area (Å²) in [6.07, 6.45) is 2.11. The predicted molar refractivity (Wildman–Crippen MR) is 70.7 cm³/mol. The van der Waals surface area contributed by atoms with E-state index >= 15 is 0 Å². The third kappa shape index (κ3) is 2.77. The van der Waals surface area contributed by atoms with Gasteiger partial charge in [-0.3, -0.25) is 10.4 Å². The first-order valence-electron chi connectivity index (χ1n) is 6.18. The van der Waals surface area contributed by atoms with Crippen molar-refractivity contribution in [1.82, 2.24) is 10.3 Å². The van der Waals surface area contributed by atoms with Gasteiger partial charge in [0.25, 0.3) is 0 Å². The quantitative estimate of drug-likeness (QED) is 0.328. The molecule has 3 N–H and O–H groups in total. The average Bonchev–Trinajstić information content (AvgIpc) is 2.58. The molecule has 0 saturated heterocycles. The highest BCUT2D eigenvalue weighted by Gasteiger charge is 2.15. The minimum Gasteiger partial charge on any atom is -0.341 e. The number of rotatable bonds is 1. The van der Waals surface area contributed by atoms with Crippen molar-refractivity contribution in [3.8, 4) is 0 Å². The number of nitrogens with zero attached hydrogens (tertiary/aromatic N) is 2. The first-order valence-corrected chi connectivity index (χ1v) is 6.18. The summed E-state index contributed by atoms with van der Waals surface area (Å²) in [6.45, 7) is 4.72. The van der Waals surface area contributed by atoms with Crippen LogP contribution in [0.15, 0.2) is 29.3 Å². The second-order valence-electron chi connectivity index (χ2n) is 4.20. The van der Waals surface area contributed by atoms with E-state index in [1.807, 2.05) is 6.92 Å². The number of fused-ring (bicyclic) bond motifs is 1. The predicted octanol–water partition coefficient (Wildman–Crippen LogP) is 0.926. The fourth-order valence-electron chi connectivity index (χ4n) is 2.27. The normalized spacial score (nSPS) is 16.4. The van der Waals surface area contributed by atoms with Crippen LogP contribution in [0.2, 0.25) is 0 Å². The molecule has 1 heterocycles. The number of guanidine groups is 1. The van der Waals surface area contributed by atoms with E-state index in [1.54, 1.807) is 0 Å². The van der Waals surface area contributed by atoms with Gasteiger partial charge in [-0.1, -0.05) is 24.3 Å². The zero-order valence-corrected chi connectivity index (χ0v) is 10.3. The number of nitrogens with one attached hydrogen (secondary N) is 1. The Morgan fingerprint density at radius 1 is 1.29 bits per heavy atom. The van der Waals surface area contributed by atoms with Gasteiger partial charge in [-0.15, -0.1) is 0 Å². The standard InChI is InChI=1S/C13H20N4/c1-2-15-13(16-14)17-9-7-11-5-3-4-6-12(11)8-10-17/h3-6H,2,7-10,14H2,1H3,(H,15,16). The van der Waals surface area contributed by atoms with Gasteiger partial charge in [-0.05, 0) is 30.9 Å². The minimum absolute atomic E-state index is 0.753. The molecule has 1 aliphatic heterocycles. The Morgan fingerprint density at radius 2 is 1.88 bits per heavy atom. The molecule has 0 aromatic heterocycles. The van der Waals surface area contributed by atoms with Crippen molar-refractivity contribution >= 4 is 5.96 Å². The van der Waals surface area contributed by atoms with Gasteiger partial charge in [-0.25, -0.2) is 5.84 Å². The molecule has 1 aromatic carbocycles. The number of hydrogen-bond donors (Lipinski definition) is 2. The van der Waals surface area contributed by atoms with Crippen molar-refractivity contribution in [1.29, 1.82) is 0 Å². The summed E-state index contributed by atoms with van der Waals surface area (Å²) >= 11 is 0. The summed E-state index contributed by atoms with van der Waals surface area (Å²) in [4.78, 5) is 6.60. The van der Waals surface area contributed by atoms with E-state index in [1.165, 1.54) is 11.1 Å².